The third kappa shape index (κ3) is 4.43. The smallest absolute Gasteiger partial charge is 0.188 e. The van der Waals surface area contributed by atoms with Crippen molar-refractivity contribution in [1.29, 1.82) is 0 Å². The van der Waals surface area contributed by atoms with Crippen LogP contribution in [0.2, 0.25) is 0 Å². The van der Waals surface area contributed by atoms with Crippen LogP contribution >= 0.6 is 8.58 Å². The predicted molar refractivity (Wildman–Crippen MR) is 102 cm³/mol. The summed E-state index contributed by atoms with van der Waals surface area (Å²) in [5.74, 6) is 0.869. The molecule has 2 rings (SSSR count). The summed E-state index contributed by atoms with van der Waals surface area (Å²) in [4.78, 5) is 11.3. The van der Waals surface area contributed by atoms with Crippen molar-refractivity contribution in [2.75, 3.05) is 13.9 Å². The largest absolute Gasteiger partial charge is 0.467 e. The molecule has 0 saturated heterocycles. The predicted octanol–water partition coefficient (Wildman–Crippen LogP) is 3.72. The SMILES string of the molecule is COCOc1c(Pc2ccccc2C=O)cc(C)cc1C(C)(C)C. The standard InChI is InChI=1S/C20H25O3P/c1-14-10-16(20(2,3)4)19(23-13-22-5)18(11-14)24-17-9-7-6-8-15(17)12-21/h6-12,24H,13H2,1-5H3. The molecular formula is C20H25O3P. The van der Waals surface area contributed by atoms with Crippen molar-refractivity contribution in [2.45, 2.75) is 33.1 Å². The fourth-order valence-corrected chi connectivity index (χ4v) is 3.93. The molecule has 0 fully saturated rings. The van der Waals surface area contributed by atoms with Crippen molar-refractivity contribution in [3.63, 3.8) is 0 Å². The lowest BCUT2D eigenvalue weighted by Gasteiger charge is -2.25. The average Bonchev–Trinajstić information content (AvgIpc) is 2.53. The number of rotatable bonds is 6. The maximum Gasteiger partial charge on any atom is 0.188 e. The van der Waals surface area contributed by atoms with Gasteiger partial charge < -0.3 is 9.47 Å². The van der Waals surface area contributed by atoms with Gasteiger partial charge in [-0.15, -0.1) is 0 Å². The van der Waals surface area contributed by atoms with E-state index >= 15 is 0 Å². The van der Waals surface area contributed by atoms with Gasteiger partial charge in [-0.25, -0.2) is 0 Å². The molecule has 0 aliphatic rings. The Balaban J connectivity index is 2.55. The molecule has 128 valence electrons. The van der Waals surface area contributed by atoms with Gasteiger partial charge in [0.25, 0.3) is 0 Å². The van der Waals surface area contributed by atoms with Crippen LogP contribution in [0, 0.1) is 6.92 Å². The van der Waals surface area contributed by atoms with Gasteiger partial charge in [-0.05, 0) is 29.3 Å². The van der Waals surface area contributed by atoms with Crippen LogP contribution in [0.3, 0.4) is 0 Å². The molecule has 0 aliphatic carbocycles. The number of aryl methyl sites for hydroxylation is 1. The molecule has 0 radical (unpaired) electrons. The third-order valence-corrected chi connectivity index (χ3v) is 5.08. The monoisotopic (exact) mass is 344 g/mol. The first-order valence-corrected chi connectivity index (χ1v) is 8.95. The molecule has 3 nitrogen and oxygen atoms in total. The number of benzene rings is 2. The molecule has 4 heteroatoms. The fourth-order valence-electron chi connectivity index (χ4n) is 2.56. The van der Waals surface area contributed by atoms with Crippen LogP contribution in [0.25, 0.3) is 0 Å². The van der Waals surface area contributed by atoms with Crippen LogP contribution in [0.15, 0.2) is 36.4 Å². The van der Waals surface area contributed by atoms with Crippen LogP contribution < -0.4 is 15.3 Å². The van der Waals surface area contributed by atoms with Gasteiger partial charge in [0.2, 0.25) is 0 Å². The summed E-state index contributed by atoms with van der Waals surface area (Å²) < 4.78 is 11.1. The summed E-state index contributed by atoms with van der Waals surface area (Å²) in [7, 11) is 1.97. The topological polar surface area (TPSA) is 35.5 Å². The van der Waals surface area contributed by atoms with E-state index in [1.54, 1.807) is 7.11 Å². The summed E-state index contributed by atoms with van der Waals surface area (Å²) in [6.45, 7) is 8.82. The van der Waals surface area contributed by atoms with E-state index in [2.05, 4.69) is 39.8 Å². The van der Waals surface area contributed by atoms with E-state index in [4.69, 9.17) is 9.47 Å². The number of carbonyl (C=O) groups excluding carboxylic acids is 1. The minimum absolute atomic E-state index is 0.0432. The molecule has 0 N–H and O–H groups in total. The van der Waals surface area contributed by atoms with Crippen LogP contribution in [-0.2, 0) is 10.2 Å². The average molecular weight is 344 g/mol. The van der Waals surface area contributed by atoms with Crippen LogP contribution in [0.5, 0.6) is 5.75 Å². The van der Waals surface area contributed by atoms with E-state index in [0.717, 1.165) is 33.8 Å². The van der Waals surface area contributed by atoms with E-state index in [1.807, 2.05) is 24.3 Å². The van der Waals surface area contributed by atoms with Gasteiger partial charge in [0, 0.05) is 23.5 Å². The molecule has 0 bridgehead atoms. The second-order valence-electron chi connectivity index (χ2n) is 6.82. The summed E-state index contributed by atoms with van der Waals surface area (Å²) in [5, 5.41) is 2.13. The lowest BCUT2D eigenvalue weighted by Crippen LogP contribution is -2.20. The molecule has 2 aromatic rings. The van der Waals surface area contributed by atoms with E-state index in [1.165, 1.54) is 5.56 Å². The minimum Gasteiger partial charge on any atom is -0.467 e. The number of methoxy groups -OCH3 is 1. The molecule has 2 aromatic carbocycles. The van der Waals surface area contributed by atoms with Gasteiger partial charge in [0.1, 0.15) is 5.75 Å². The minimum atomic E-state index is -0.0432. The number of hydrogen-bond acceptors (Lipinski definition) is 3. The highest BCUT2D eigenvalue weighted by Crippen LogP contribution is 2.34. The molecule has 0 saturated carbocycles. The highest BCUT2D eigenvalue weighted by atomic mass is 31.1. The van der Waals surface area contributed by atoms with Gasteiger partial charge in [-0.3, -0.25) is 4.79 Å². The Labute approximate surface area is 146 Å². The number of carbonyl (C=O) groups is 1. The normalized spacial score (nSPS) is 11.9. The molecule has 1 atom stereocenters. The van der Waals surface area contributed by atoms with Crippen LogP contribution in [0.4, 0.5) is 0 Å². The highest BCUT2D eigenvalue weighted by molar-refractivity contribution is 7.56. The molecular weight excluding hydrogens is 319 g/mol. The maximum atomic E-state index is 11.3. The number of aldehydes is 1. The molecule has 0 spiro atoms. The first-order chi connectivity index (χ1) is 11.4. The van der Waals surface area contributed by atoms with E-state index < -0.39 is 0 Å². The summed E-state index contributed by atoms with van der Waals surface area (Å²) in [6, 6.07) is 12.0. The molecule has 0 aromatic heterocycles. The second kappa shape index (κ2) is 7.92. The molecule has 1 unspecified atom stereocenters. The molecule has 24 heavy (non-hydrogen) atoms. The van der Waals surface area contributed by atoms with E-state index in [-0.39, 0.29) is 12.2 Å². The van der Waals surface area contributed by atoms with Gasteiger partial charge in [-0.1, -0.05) is 59.7 Å². The zero-order chi connectivity index (χ0) is 17.7. The summed E-state index contributed by atoms with van der Waals surface area (Å²) >= 11 is 0. The Hall–Kier alpha value is -1.70. The summed E-state index contributed by atoms with van der Waals surface area (Å²) in [5.41, 5.74) is 3.03. The molecule has 0 amide bonds. The van der Waals surface area contributed by atoms with Crippen molar-refractivity contribution in [3.8, 4) is 5.75 Å². The van der Waals surface area contributed by atoms with Crippen molar-refractivity contribution >= 4 is 25.5 Å². The highest BCUT2D eigenvalue weighted by Gasteiger charge is 2.23. The van der Waals surface area contributed by atoms with Crippen molar-refractivity contribution in [3.05, 3.63) is 53.1 Å². The Kier molecular flexibility index (Phi) is 6.15. The van der Waals surface area contributed by atoms with Gasteiger partial charge >= 0.3 is 0 Å². The Morgan fingerprint density at radius 3 is 2.46 bits per heavy atom. The lowest BCUT2D eigenvalue weighted by molar-refractivity contribution is 0.0506. The first-order valence-electron chi connectivity index (χ1n) is 7.95. The van der Waals surface area contributed by atoms with E-state index in [9.17, 15) is 4.79 Å². The van der Waals surface area contributed by atoms with Crippen molar-refractivity contribution < 1.29 is 14.3 Å². The van der Waals surface area contributed by atoms with Crippen LogP contribution in [-0.4, -0.2) is 20.2 Å². The molecule has 0 heterocycles. The first kappa shape index (κ1) is 18.6. The lowest BCUT2D eigenvalue weighted by atomic mass is 9.85. The fraction of sp³-hybridized carbons (Fsp3) is 0.350. The third-order valence-electron chi connectivity index (χ3n) is 3.72. The van der Waals surface area contributed by atoms with Crippen molar-refractivity contribution in [2.24, 2.45) is 0 Å². The maximum absolute atomic E-state index is 11.3. The van der Waals surface area contributed by atoms with Gasteiger partial charge in [0.15, 0.2) is 13.1 Å². The zero-order valence-corrected chi connectivity index (χ0v) is 16.0. The Bertz CT molecular complexity index is 717. The van der Waals surface area contributed by atoms with Gasteiger partial charge in [0.05, 0.1) is 0 Å². The zero-order valence-electron chi connectivity index (χ0n) is 15.0. The quantitative estimate of drug-likeness (QED) is 0.455. The molecule has 0 aliphatic heterocycles. The van der Waals surface area contributed by atoms with Gasteiger partial charge in [-0.2, -0.15) is 0 Å². The Morgan fingerprint density at radius 2 is 1.83 bits per heavy atom. The summed E-state index contributed by atoms with van der Waals surface area (Å²) in [6.07, 6.45) is 0.915. The number of hydrogen-bond donors (Lipinski definition) is 0. The second-order valence-corrected chi connectivity index (χ2v) is 8.15. The van der Waals surface area contributed by atoms with E-state index in [0.29, 0.717) is 8.58 Å². The Morgan fingerprint density at radius 1 is 1.12 bits per heavy atom. The van der Waals surface area contributed by atoms with Crippen LogP contribution in [0.1, 0.15) is 42.3 Å². The van der Waals surface area contributed by atoms with Crippen molar-refractivity contribution in [1.82, 2.24) is 0 Å². The number of ether oxygens (including phenoxy) is 2.